The van der Waals surface area contributed by atoms with Gasteiger partial charge in [0.05, 0.1) is 26.3 Å². The molecule has 6 aromatic carbocycles. The Hall–Kier alpha value is -4.52. The molecule has 296 valence electrons. The van der Waals surface area contributed by atoms with Gasteiger partial charge in [-0.05, 0) is 33.4 Å². The molecule has 2 amide bonds. The Bertz CT molecular complexity index is 1940. The number of alkyl carbamates (subject to hydrolysis) is 1. The van der Waals surface area contributed by atoms with E-state index < -0.39 is 17.3 Å². The molecule has 0 saturated carbocycles. The van der Waals surface area contributed by atoms with Crippen molar-refractivity contribution >= 4 is 39.2 Å². The summed E-state index contributed by atoms with van der Waals surface area (Å²) in [7, 11) is 1.74. The van der Waals surface area contributed by atoms with E-state index in [1.807, 2.05) is 109 Å². The van der Waals surface area contributed by atoms with E-state index in [1.54, 1.807) is 11.9 Å². The van der Waals surface area contributed by atoms with Crippen molar-refractivity contribution < 1.29 is 59.5 Å². The summed E-state index contributed by atoms with van der Waals surface area (Å²) in [5, 5.41) is 2.68. The van der Waals surface area contributed by atoms with E-state index in [4.69, 9.17) is 18.9 Å². The van der Waals surface area contributed by atoms with E-state index in [0.29, 0.717) is 19.7 Å². The molecular formula is C47H49N2NaO6S2. The van der Waals surface area contributed by atoms with Crippen molar-refractivity contribution in [2.75, 3.05) is 33.4 Å². The predicted molar refractivity (Wildman–Crippen MR) is 233 cm³/mol. The first-order valence-electron chi connectivity index (χ1n) is 18.5. The van der Waals surface area contributed by atoms with Crippen LogP contribution in [0.25, 0.3) is 0 Å². The first-order chi connectivity index (χ1) is 27.0. The summed E-state index contributed by atoms with van der Waals surface area (Å²) in [6.07, 6.45) is -1.31. The molecule has 0 aliphatic carbocycles. The van der Waals surface area contributed by atoms with E-state index >= 15 is 0 Å². The van der Waals surface area contributed by atoms with Gasteiger partial charge in [0, 0.05) is 7.05 Å². The van der Waals surface area contributed by atoms with Crippen LogP contribution in [-0.2, 0) is 30.1 Å². The van der Waals surface area contributed by atoms with Crippen LogP contribution >= 0.6 is 27.0 Å². The summed E-state index contributed by atoms with van der Waals surface area (Å²) in [5.74, 6) is 0. The molecule has 8 nitrogen and oxygen atoms in total. The number of ether oxygens (including phenoxy) is 4. The maximum absolute atomic E-state index is 11.8. The average Bonchev–Trinajstić information content (AvgIpc) is 3.83. The van der Waals surface area contributed by atoms with Crippen molar-refractivity contribution in [3.8, 4) is 0 Å². The normalized spacial score (nSPS) is 15.8. The molecule has 11 heteroatoms. The van der Waals surface area contributed by atoms with Crippen molar-refractivity contribution in [1.82, 2.24) is 10.2 Å². The number of cyclic esters (lactones) is 2. The zero-order chi connectivity index (χ0) is 37.9. The van der Waals surface area contributed by atoms with Gasteiger partial charge in [0.25, 0.3) is 0 Å². The molecule has 2 aliphatic rings. The summed E-state index contributed by atoms with van der Waals surface area (Å²) in [6, 6.07) is 61.0. The monoisotopic (exact) mass is 824 g/mol. The zero-order valence-corrected chi connectivity index (χ0v) is 36.7. The molecule has 2 atom stereocenters. The van der Waals surface area contributed by atoms with Gasteiger partial charge >= 0.3 is 41.7 Å². The van der Waals surface area contributed by atoms with Crippen molar-refractivity contribution in [3.05, 3.63) is 215 Å². The average molecular weight is 825 g/mol. The van der Waals surface area contributed by atoms with Crippen LogP contribution in [0.1, 0.15) is 34.8 Å². The van der Waals surface area contributed by atoms with Crippen LogP contribution < -0.4 is 34.9 Å². The quantitative estimate of drug-likeness (QED) is 0.123. The van der Waals surface area contributed by atoms with Gasteiger partial charge in [-0.25, -0.2) is 9.59 Å². The molecular weight excluding hydrogens is 776 g/mol. The number of carbonyl (C=O) groups is 2. The maximum atomic E-state index is 11.8. The summed E-state index contributed by atoms with van der Waals surface area (Å²) < 4.78 is 24.0. The largest absolute Gasteiger partial charge is 1.00 e. The molecule has 2 aliphatic heterocycles. The molecule has 0 unspecified atom stereocenters. The SMILES string of the molecule is CN1C[C@@H](COC(c2ccccc2)(c2ccccc2)c2ccccc2)OC1=O.O=C1NC[C@@H](COC(c2ccccc2)(c2ccccc2)c2ccccc2)O1.S.S.[H-].[Na+]. The standard InChI is InChI=1S/C24H23NO3.C23H21NO3.Na.2H2S.H/c1-25-17-22(28-23(25)26)18-27-24(19-11-5-2-6-12-19,20-13-7-3-8-14-20)21-15-9-4-10-16-21;25-22-24-16-21(27-22)17-26-23(18-10-4-1-5-11-18,19-12-6-2-7-13-19)20-14-8-3-9-15-20;;;;/h2-16,22H,17-18H2,1H3;1-15,21H,16-17H2,(H,24,25);;2*1H2;/q;;+1;;;-1/t22-;21-;;;;/m00..../s1. The van der Waals surface area contributed by atoms with Gasteiger partial charge in [-0.15, -0.1) is 0 Å². The Labute approximate surface area is 378 Å². The smallest absolute Gasteiger partial charge is 1.00 e. The minimum absolute atomic E-state index is 0. The van der Waals surface area contributed by atoms with Crippen molar-refractivity contribution in [2.24, 2.45) is 0 Å². The first-order valence-corrected chi connectivity index (χ1v) is 18.5. The van der Waals surface area contributed by atoms with E-state index in [9.17, 15) is 9.59 Å². The van der Waals surface area contributed by atoms with Crippen LogP contribution in [0.3, 0.4) is 0 Å². The van der Waals surface area contributed by atoms with Gasteiger partial charge in [-0.1, -0.05) is 182 Å². The first kappa shape index (κ1) is 46.2. The third-order valence-electron chi connectivity index (χ3n) is 9.86. The maximum Gasteiger partial charge on any atom is 1.00 e. The van der Waals surface area contributed by atoms with Gasteiger partial charge in [0.15, 0.2) is 0 Å². The summed E-state index contributed by atoms with van der Waals surface area (Å²) in [4.78, 5) is 24.7. The molecule has 58 heavy (non-hydrogen) atoms. The second kappa shape index (κ2) is 22.0. The van der Waals surface area contributed by atoms with E-state index in [1.165, 1.54) is 0 Å². The third-order valence-corrected chi connectivity index (χ3v) is 9.86. The number of hydrogen-bond acceptors (Lipinski definition) is 6. The van der Waals surface area contributed by atoms with E-state index in [2.05, 4.69) is 78.1 Å². The summed E-state index contributed by atoms with van der Waals surface area (Å²) >= 11 is 0. The van der Waals surface area contributed by atoms with Gasteiger partial charge in [0.2, 0.25) is 0 Å². The van der Waals surface area contributed by atoms with Crippen LogP contribution in [0.15, 0.2) is 182 Å². The summed E-state index contributed by atoms with van der Waals surface area (Å²) in [5.41, 5.74) is 4.59. The molecule has 2 saturated heterocycles. The molecule has 0 aromatic heterocycles. The van der Waals surface area contributed by atoms with Crippen LogP contribution in [0.5, 0.6) is 0 Å². The zero-order valence-electron chi connectivity index (χ0n) is 33.7. The number of benzene rings is 6. The van der Waals surface area contributed by atoms with Crippen LogP contribution in [0, 0.1) is 0 Å². The molecule has 0 radical (unpaired) electrons. The van der Waals surface area contributed by atoms with E-state index in [0.717, 1.165) is 33.4 Å². The Balaban J connectivity index is 0.000000295. The van der Waals surface area contributed by atoms with Gasteiger partial charge in [-0.2, -0.15) is 27.0 Å². The van der Waals surface area contributed by atoms with E-state index in [-0.39, 0.29) is 82.9 Å². The summed E-state index contributed by atoms with van der Waals surface area (Å²) in [6.45, 7) is 1.56. The Morgan fingerprint density at radius 1 is 0.534 bits per heavy atom. The second-order valence-electron chi connectivity index (χ2n) is 13.5. The molecule has 2 heterocycles. The predicted octanol–water partition coefficient (Wildman–Crippen LogP) is 5.89. The molecule has 0 spiro atoms. The number of nitrogens with one attached hydrogen (secondary N) is 1. The van der Waals surface area contributed by atoms with Crippen LogP contribution in [0.4, 0.5) is 9.59 Å². The molecule has 0 bridgehead atoms. The number of carbonyl (C=O) groups excluding carboxylic acids is 2. The fraction of sp³-hybridized carbons (Fsp3) is 0.191. The Morgan fingerprint density at radius 3 is 1.07 bits per heavy atom. The van der Waals surface area contributed by atoms with Gasteiger partial charge < -0.3 is 30.6 Å². The van der Waals surface area contributed by atoms with Crippen LogP contribution in [0.2, 0.25) is 0 Å². The second-order valence-corrected chi connectivity index (χ2v) is 13.5. The minimum Gasteiger partial charge on any atom is -1.00 e. The fourth-order valence-electron chi connectivity index (χ4n) is 7.23. The number of hydrogen-bond donors (Lipinski definition) is 1. The molecule has 1 N–H and O–H groups in total. The number of rotatable bonds is 12. The minimum atomic E-state index is -0.794. The Morgan fingerprint density at radius 2 is 0.828 bits per heavy atom. The molecule has 2 fully saturated rings. The van der Waals surface area contributed by atoms with Gasteiger partial charge in [-0.3, -0.25) is 0 Å². The van der Waals surface area contributed by atoms with Crippen molar-refractivity contribution in [1.29, 1.82) is 0 Å². The topological polar surface area (TPSA) is 86.3 Å². The van der Waals surface area contributed by atoms with Gasteiger partial charge in [0.1, 0.15) is 23.4 Å². The number of nitrogens with zero attached hydrogens (tertiary/aromatic N) is 1. The number of amides is 2. The molecule has 8 rings (SSSR count). The van der Waals surface area contributed by atoms with Crippen molar-refractivity contribution in [2.45, 2.75) is 23.4 Å². The van der Waals surface area contributed by atoms with Crippen LogP contribution in [-0.4, -0.2) is 62.6 Å². The number of likely N-dealkylation sites (N-methyl/N-ethyl adjacent to an activating group) is 1. The molecule has 6 aromatic rings. The van der Waals surface area contributed by atoms with Crippen molar-refractivity contribution in [3.63, 3.8) is 0 Å². The third kappa shape index (κ3) is 10.4. The fourth-order valence-corrected chi connectivity index (χ4v) is 7.23. The Kier molecular flexibility index (Phi) is 17.5.